The van der Waals surface area contributed by atoms with E-state index in [2.05, 4.69) is 31.3 Å². The molecule has 0 spiro atoms. The van der Waals surface area contributed by atoms with E-state index in [1.165, 1.54) is 0 Å². The molecule has 1 rings (SSSR count). The zero-order chi connectivity index (χ0) is 11.8. The second kappa shape index (κ2) is 6.81. The van der Waals surface area contributed by atoms with Crippen LogP contribution < -0.4 is 5.32 Å². The van der Waals surface area contributed by atoms with Crippen molar-refractivity contribution in [2.24, 2.45) is 5.92 Å². The van der Waals surface area contributed by atoms with Gasteiger partial charge in [-0.25, -0.2) is 0 Å². The highest BCUT2D eigenvalue weighted by Crippen LogP contribution is 2.05. The van der Waals surface area contributed by atoms with Crippen molar-refractivity contribution in [2.75, 3.05) is 13.1 Å². The second-order valence-electron chi connectivity index (χ2n) is 4.19. The third-order valence-electron chi connectivity index (χ3n) is 2.14. The smallest absolute Gasteiger partial charge is 0.0991 e. The third-order valence-corrected chi connectivity index (χ3v) is 2.14. The minimum atomic E-state index is 0.676. The van der Waals surface area contributed by atoms with Gasteiger partial charge in [0.25, 0.3) is 0 Å². The molecule has 0 aliphatic carbocycles. The Morgan fingerprint density at radius 1 is 1.44 bits per heavy atom. The van der Waals surface area contributed by atoms with Crippen LogP contribution in [0.3, 0.4) is 0 Å². The first-order valence-corrected chi connectivity index (χ1v) is 5.60. The lowest BCUT2D eigenvalue weighted by Gasteiger charge is -2.03. The zero-order valence-electron chi connectivity index (χ0n) is 9.90. The number of rotatable bonds is 5. The summed E-state index contributed by atoms with van der Waals surface area (Å²) in [4.78, 5) is 0. The molecule has 0 amide bonds. The average molecular weight is 214 g/mol. The van der Waals surface area contributed by atoms with Crippen LogP contribution in [0.5, 0.6) is 0 Å². The van der Waals surface area contributed by atoms with Gasteiger partial charge in [-0.05, 0) is 30.2 Å². The van der Waals surface area contributed by atoms with Crippen molar-refractivity contribution < 1.29 is 0 Å². The molecular formula is C14H18N2. The van der Waals surface area contributed by atoms with Gasteiger partial charge in [0.2, 0.25) is 0 Å². The molecule has 16 heavy (non-hydrogen) atoms. The standard InChI is InChI=1S/C14H18N2/c1-12(2)11-16-8-4-7-13-5-3-6-14(9-13)10-15/h3-7,9,12,16H,8,11H2,1-2H3. The lowest BCUT2D eigenvalue weighted by Crippen LogP contribution is -2.19. The molecule has 0 aliphatic rings. The summed E-state index contributed by atoms with van der Waals surface area (Å²) in [5, 5.41) is 12.1. The van der Waals surface area contributed by atoms with Crippen LogP contribution in [-0.4, -0.2) is 13.1 Å². The van der Waals surface area contributed by atoms with E-state index >= 15 is 0 Å². The number of benzene rings is 1. The van der Waals surface area contributed by atoms with Gasteiger partial charge in [0.1, 0.15) is 0 Å². The molecule has 0 aliphatic heterocycles. The molecule has 1 N–H and O–H groups in total. The molecular weight excluding hydrogens is 196 g/mol. The summed E-state index contributed by atoms with van der Waals surface area (Å²) in [6, 6.07) is 9.74. The van der Waals surface area contributed by atoms with E-state index < -0.39 is 0 Å². The fourth-order valence-corrected chi connectivity index (χ4v) is 1.36. The Bertz CT molecular complexity index is 386. The van der Waals surface area contributed by atoms with Crippen LogP contribution in [-0.2, 0) is 0 Å². The summed E-state index contributed by atoms with van der Waals surface area (Å²) < 4.78 is 0. The van der Waals surface area contributed by atoms with Crippen LogP contribution in [0.2, 0.25) is 0 Å². The lowest BCUT2D eigenvalue weighted by atomic mass is 10.1. The van der Waals surface area contributed by atoms with Crippen molar-refractivity contribution in [3.05, 3.63) is 41.5 Å². The molecule has 0 heterocycles. The molecule has 0 atom stereocenters. The summed E-state index contributed by atoms with van der Waals surface area (Å²) in [7, 11) is 0. The molecule has 0 bridgehead atoms. The fraction of sp³-hybridized carbons (Fsp3) is 0.357. The summed E-state index contributed by atoms with van der Waals surface area (Å²) in [6.45, 7) is 6.28. The Hall–Kier alpha value is -1.59. The van der Waals surface area contributed by atoms with Crippen LogP contribution in [0.4, 0.5) is 0 Å². The highest BCUT2D eigenvalue weighted by atomic mass is 14.8. The summed E-state index contributed by atoms with van der Waals surface area (Å²) in [5.41, 5.74) is 1.78. The maximum absolute atomic E-state index is 8.75. The normalized spacial score (nSPS) is 10.9. The molecule has 2 nitrogen and oxygen atoms in total. The SMILES string of the molecule is CC(C)CNCC=Cc1cccc(C#N)c1. The highest BCUT2D eigenvalue weighted by Gasteiger charge is 1.91. The predicted octanol–water partition coefficient (Wildman–Crippen LogP) is 2.82. The van der Waals surface area contributed by atoms with Gasteiger partial charge in [0.05, 0.1) is 11.6 Å². The summed E-state index contributed by atoms with van der Waals surface area (Å²) >= 11 is 0. The molecule has 84 valence electrons. The molecule has 0 aromatic heterocycles. The van der Waals surface area contributed by atoms with Gasteiger partial charge in [-0.3, -0.25) is 0 Å². The largest absolute Gasteiger partial charge is 0.313 e. The molecule has 1 aromatic carbocycles. The van der Waals surface area contributed by atoms with Crippen LogP contribution in [0.25, 0.3) is 6.08 Å². The lowest BCUT2D eigenvalue weighted by molar-refractivity contribution is 0.577. The molecule has 0 radical (unpaired) electrons. The van der Waals surface area contributed by atoms with E-state index in [1.807, 2.05) is 30.3 Å². The van der Waals surface area contributed by atoms with E-state index in [9.17, 15) is 0 Å². The first-order chi connectivity index (χ1) is 7.72. The van der Waals surface area contributed by atoms with E-state index in [0.29, 0.717) is 11.5 Å². The van der Waals surface area contributed by atoms with Gasteiger partial charge >= 0.3 is 0 Å². The van der Waals surface area contributed by atoms with Crippen LogP contribution >= 0.6 is 0 Å². The minimum Gasteiger partial charge on any atom is -0.313 e. The molecule has 0 unspecified atom stereocenters. The number of nitriles is 1. The Kier molecular flexibility index (Phi) is 5.31. The number of hydrogen-bond acceptors (Lipinski definition) is 2. The Balaban J connectivity index is 2.41. The van der Waals surface area contributed by atoms with Crippen molar-refractivity contribution in [3.8, 4) is 6.07 Å². The van der Waals surface area contributed by atoms with Crippen LogP contribution in [0.15, 0.2) is 30.3 Å². The van der Waals surface area contributed by atoms with Gasteiger partial charge in [0.15, 0.2) is 0 Å². The minimum absolute atomic E-state index is 0.676. The predicted molar refractivity (Wildman–Crippen MR) is 67.9 cm³/mol. The molecule has 0 saturated heterocycles. The average Bonchev–Trinajstić information content (AvgIpc) is 2.28. The van der Waals surface area contributed by atoms with Crippen molar-refractivity contribution in [3.63, 3.8) is 0 Å². The number of nitrogens with zero attached hydrogens (tertiary/aromatic N) is 1. The van der Waals surface area contributed by atoms with Crippen LogP contribution in [0, 0.1) is 17.2 Å². The first-order valence-electron chi connectivity index (χ1n) is 5.60. The van der Waals surface area contributed by atoms with Crippen molar-refractivity contribution in [1.82, 2.24) is 5.32 Å². The Morgan fingerprint density at radius 3 is 2.94 bits per heavy atom. The van der Waals surface area contributed by atoms with E-state index in [0.717, 1.165) is 18.7 Å². The van der Waals surface area contributed by atoms with Crippen molar-refractivity contribution >= 4 is 6.08 Å². The molecule has 1 aromatic rings. The van der Waals surface area contributed by atoms with Gasteiger partial charge < -0.3 is 5.32 Å². The maximum Gasteiger partial charge on any atom is 0.0991 e. The van der Waals surface area contributed by atoms with E-state index in [1.54, 1.807) is 0 Å². The summed E-state index contributed by atoms with van der Waals surface area (Å²) in [6.07, 6.45) is 4.12. The second-order valence-corrected chi connectivity index (χ2v) is 4.19. The maximum atomic E-state index is 8.75. The van der Waals surface area contributed by atoms with Gasteiger partial charge in [-0.2, -0.15) is 5.26 Å². The topological polar surface area (TPSA) is 35.8 Å². The van der Waals surface area contributed by atoms with Gasteiger partial charge in [-0.15, -0.1) is 0 Å². The Morgan fingerprint density at radius 2 is 2.25 bits per heavy atom. The fourth-order valence-electron chi connectivity index (χ4n) is 1.36. The number of hydrogen-bond donors (Lipinski definition) is 1. The van der Waals surface area contributed by atoms with Gasteiger partial charge in [0, 0.05) is 6.54 Å². The highest BCUT2D eigenvalue weighted by molar-refractivity contribution is 5.52. The Labute approximate surface area is 97.6 Å². The van der Waals surface area contributed by atoms with Crippen molar-refractivity contribution in [2.45, 2.75) is 13.8 Å². The van der Waals surface area contributed by atoms with Gasteiger partial charge in [-0.1, -0.05) is 38.1 Å². The third kappa shape index (κ3) is 4.77. The quantitative estimate of drug-likeness (QED) is 0.765. The first kappa shape index (κ1) is 12.5. The van der Waals surface area contributed by atoms with E-state index in [4.69, 9.17) is 5.26 Å². The molecule has 2 heteroatoms. The summed E-state index contributed by atoms with van der Waals surface area (Å²) in [5.74, 6) is 0.676. The zero-order valence-corrected chi connectivity index (χ0v) is 9.90. The molecule has 0 saturated carbocycles. The number of nitrogens with one attached hydrogen (secondary N) is 1. The van der Waals surface area contributed by atoms with E-state index in [-0.39, 0.29) is 0 Å². The molecule has 0 fully saturated rings. The van der Waals surface area contributed by atoms with Crippen molar-refractivity contribution in [1.29, 1.82) is 5.26 Å². The monoisotopic (exact) mass is 214 g/mol. The van der Waals surface area contributed by atoms with Crippen LogP contribution in [0.1, 0.15) is 25.0 Å².